The monoisotopic (exact) mass is 936 g/mol. The standard InChI is InChI=1S/C12H13F2NO2.C11H9F2NO2.C9H5F2NO2.C7H7F2N.HI.H2/c1-3-17-12(16)8(2)15-7-9-5-4-6-10(13)11(9)14;1-2-16-11(15)8-5-6-3-4-7(12)9(13)10(6)14-8;10-5-2-1-4-3-6(9(13)14)12-8(4)7(5)11;8-6-3-1-2-5(4-10)7(6)9;;/h4-6H,3,7H2,1-2H3;3-5,14H,2H2,1H3;1-3,12H,(H,13,14);1-3H,4,10H2;2*1H. The summed E-state index contributed by atoms with van der Waals surface area (Å²) >= 11 is 0. The van der Waals surface area contributed by atoms with E-state index >= 15 is 0 Å². The number of carbonyl (C=O) groups is 3. The first kappa shape index (κ1) is 48.3. The van der Waals surface area contributed by atoms with Crippen LogP contribution in [0.4, 0.5) is 35.1 Å². The van der Waals surface area contributed by atoms with Gasteiger partial charge < -0.3 is 30.3 Å². The van der Waals surface area contributed by atoms with Gasteiger partial charge in [-0.05, 0) is 69.3 Å². The van der Waals surface area contributed by atoms with E-state index in [1.54, 1.807) is 13.8 Å². The van der Waals surface area contributed by atoms with E-state index < -0.39 is 64.4 Å². The van der Waals surface area contributed by atoms with Crippen molar-refractivity contribution in [1.29, 1.82) is 0 Å². The Morgan fingerprint density at radius 3 is 1.59 bits per heavy atom. The number of H-pyrrole nitrogens is 2. The summed E-state index contributed by atoms with van der Waals surface area (Å²) < 4.78 is 112. The molecule has 0 aliphatic rings. The van der Waals surface area contributed by atoms with Gasteiger partial charge in [-0.2, -0.15) is 0 Å². The quantitative estimate of drug-likeness (QED) is 0.0512. The first-order valence-electron chi connectivity index (χ1n) is 16.6. The Hall–Kier alpha value is -5.83. The number of halogens is 9. The number of carboxylic acid groups (broad SMARTS) is 1. The van der Waals surface area contributed by atoms with Gasteiger partial charge in [0.05, 0.1) is 30.8 Å². The van der Waals surface area contributed by atoms with Gasteiger partial charge in [-0.15, -0.1) is 24.0 Å². The molecule has 0 fully saturated rings. The number of rotatable bonds is 8. The van der Waals surface area contributed by atoms with Crippen LogP contribution in [0, 0.1) is 46.5 Å². The number of hydrogen-bond donors (Lipinski definition) is 4. The van der Waals surface area contributed by atoms with Crippen molar-refractivity contribution in [2.45, 2.75) is 33.9 Å². The van der Waals surface area contributed by atoms with E-state index in [1.165, 1.54) is 55.5 Å². The Labute approximate surface area is 343 Å². The maximum Gasteiger partial charge on any atom is 0.354 e. The molecule has 0 aliphatic carbocycles. The summed E-state index contributed by atoms with van der Waals surface area (Å²) in [6.07, 6.45) is 0. The third kappa shape index (κ3) is 12.8. The number of aliphatic imine (C=N–C) groups is 1. The molecule has 10 nitrogen and oxygen atoms in total. The molecular formula is C39H37F8IN4O6. The summed E-state index contributed by atoms with van der Waals surface area (Å²) in [6.45, 7) is 5.23. The Bertz CT molecular complexity index is 2410. The van der Waals surface area contributed by atoms with E-state index in [4.69, 9.17) is 20.3 Å². The number of esters is 2. The minimum absolute atomic E-state index is 0. The summed E-state index contributed by atoms with van der Waals surface area (Å²) in [5, 5.41) is 9.37. The molecule has 0 bridgehead atoms. The van der Waals surface area contributed by atoms with Gasteiger partial charge in [-0.3, -0.25) is 4.99 Å². The second-order valence-electron chi connectivity index (χ2n) is 11.3. The molecule has 0 saturated heterocycles. The average molecular weight is 937 g/mol. The Morgan fingerprint density at radius 1 is 0.672 bits per heavy atom. The van der Waals surface area contributed by atoms with Crippen molar-refractivity contribution in [2.24, 2.45) is 10.7 Å². The van der Waals surface area contributed by atoms with Gasteiger partial charge >= 0.3 is 17.9 Å². The zero-order valence-electron chi connectivity index (χ0n) is 30.7. The van der Waals surface area contributed by atoms with E-state index in [9.17, 15) is 49.5 Å². The average Bonchev–Trinajstić information content (AvgIpc) is 3.84. The molecule has 0 radical (unpaired) electrons. The Morgan fingerprint density at radius 2 is 1.12 bits per heavy atom. The number of nitrogens with zero attached hydrogens (tertiary/aromatic N) is 1. The number of aromatic amines is 2. The van der Waals surface area contributed by atoms with Crippen molar-refractivity contribution < 1.29 is 65.5 Å². The van der Waals surface area contributed by atoms with Gasteiger partial charge in [0.25, 0.3) is 0 Å². The van der Waals surface area contributed by atoms with E-state index in [0.29, 0.717) is 10.8 Å². The third-order valence-electron chi connectivity index (χ3n) is 7.44. The lowest BCUT2D eigenvalue weighted by atomic mass is 10.2. The molecule has 2 heterocycles. The van der Waals surface area contributed by atoms with E-state index in [0.717, 1.165) is 24.3 Å². The first-order valence-corrected chi connectivity index (χ1v) is 16.6. The van der Waals surface area contributed by atoms with E-state index in [1.807, 2.05) is 0 Å². The van der Waals surface area contributed by atoms with Crippen molar-refractivity contribution in [2.75, 3.05) is 13.2 Å². The van der Waals surface area contributed by atoms with Gasteiger partial charge in [-0.1, -0.05) is 24.3 Å². The molecule has 312 valence electrons. The summed E-state index contributed by atoms with van der Waals surface area (Å²) in [5.74, 6) is -9.90. The van der Waals surface area contributed by atoms with Crippen LogP contribution in [-0.2, 0) is 27.4 Å². The number of nitrogens with two attached hydrogens (primary N) is 1. The highest BCUT2D eigenvalue weighted by Crippen LogP contribution is 2.22. The molecule has 4 aromatic carbocycles. The smallest absolute Gasteiger partial charge is 0.354 e. The topological polar surface area (TPSA) is 160 Å². The van der Waals surface area contributed by atoms with Crippen molar-refractivity contribution >= 4 is 69.4 Å². The zero-order valence-corrected chi connectivity index (χ0v) is 33.0. The van der Waals surface area contributed by atoms with Crippen LogP contribution in [0.5, 0.6) is 0 Å². The number of nitrogens with one attached hydrogen (secondary N) is 2. The Kier molecular flexibility index (Phi) is 19.0. The number of hydrogen-bond acceptors (Lipinski definition) is 7. The van der Waals surface area contributed by atoms with Gasteiger partial charge in [-0.25, -0.2) is 49.5 Å². The van der Waals surface area contributed by atoms with Crippen LogP contribution < -0.4 is 5.73 Å². The molecule has 58 heavy (non-hydrogen) atoms. The molecule has 0 saturated carbocycles. The minimum Gasteiger partial charge on any atom is -0.477 e. The maximum absolute atomic E-state index is 13.3. The fourth-order valence-corrected chi connectivity index (χ4v) is 4.59. The summed E-state index contributed by atoms with van der Waals surface area (Å²) in [4.78, 5) is 41.7. The van der Waals surface area contributed by atoms with Crippen molar-refractivity contribution in [3.05, 3.63) is 142 Å². The Balaban J connectivity index is 0.000000395. The molecule has 5 N–H and O–H groups in total. The van der Waals surface area contributed by atoms with Gasteiger partial charge in [0, 0.05) is 29.9 Å². The van der Waals surface area contributed by atoms with Crippen molar-refractivity contribution in [1.82, 2.24) is 9.97 Å². The lowest BCUT2D eigenvalue weighted by molar-refractivity contribution is -0.135. The number of ether oxygens (including phenoxy) is 2. The van der Waals surface area contributed by atoms with Crippen LogP contribution in [-0.4, -0.2) is 51.9 Å². The number of fused-ring (bicyclic) bond motifs is 2. The maximum atomic E-state index is 13.3. The number of carboxylic acids is 1. The molecule has 6 rings (SSSR count). The highest BCUT2D eigenvalue weighted by atomic mass is 127. The van der Waals surface area contributed by atoms with E-state index in [2.05, 4.69) is 15.0 Å². The summed E-state index contributed by atoms with van der Waals surface area (Å²) in [7, 11) is 0. The largest absolute Gasteiger partial charge is 0.477 e. The van der Waals surface area contributed by atoms with Gasteiger partial charge in [0.1, 0.15) is 17.1 Å². The van der Waals surface area contributed by atoms with Crippen molar-refractivity contribution in [3.63, 3.8) is 0 Å². The molecule has 0 aliphatic heterocycles. The van der Waals surface area contributed by atoms with Crippen molar-refractivity contribution in [3.8, 4) is 0 Å². The number of aromatic carboxylic acids is 1. The highest BCUT2D eigenvalue weighted by Gasteiger charge is 2.16. The summed E-state index contributed by atoms with van der Waals surface area (Å²) in [6, 6.07) is 15.1. The van der Waals surface area contributed by atoms with Crippen LogP contribution in [0.3, 0.4) is 0 Å². The zero-order chi connectivity index (χ0) is 42.4. The molecule has 0 amide bonds. The predicted molar refractivity (Wildman–Crippen MR) is 211 cm³/mol. The third-order valence-corrected chi connectivity index (χ3v) is 7.44. The van der Waals surface area contributed by atoms with E-state index in [-0.39, 0.29) is 91.0 Å². The molecule has 2 aromatic heterocycles. The fourth-order valence-electron chi connectivity index (χ4n) is 4.59. The SMILES string of the molecule is CCOC(=O)C(C)=NCc1cccc(F)c1F.CCOC(=O)c1cc2ccc(F)c(F)c2[nH]1.I.NCc1cccc(F)c1F.O=C(O)c1cc2ccc(F)c(F)c2[nH]1.[HH]. The normalized spacial score (nSPS) is 10.6. The van der Waals surface area contributed by atoms with Crippen LogP contribution in [0.1, 0.15) is 54.3 Å². The molecule has 6 aromatic rings. The number of aromatic nitrogens is 2. The molecule has 0 spiro atoms. The fraction of sp³-hybridized carbons (Fsp3) is 0.179. The van der Waals surface area contributed by atoms with Crippen LogP contribution in [0.2, 0.25) is 0 Å². The second kappa shape index (κ2) is 22.8. The summed E-state index contributed by atoms with van der Waals surface area (Å²) in [5.41, 5.74) is 5.36. The van der Waals surface area contributed by atoms with Gasteiger partial charge in [0.2, 0.25) is 0 Å². The minimum atomic E-state index is -1.21. The molecule has 0 unspecified atom stereocenters. The van der Waals surface area contributed by atoms with Crippen LogP contribution in [0.15, 0.2) is 77.8 Å². The molecule has 19 heteroatoms. The lowest BCUT2D eigenvalue weighted by Gasteiger charge is -2.02. The lowest BCUT2D eigenvalue weighted by Crippen LogP contribution is -2.14. The predicted octanol–water partition coefficient (Wildman–Crippen LogP) is 9.54. The second-order valence-corrected chi connectivity index (χ2v) is 11.3. The molecule has 0 atom stereocenters. The number of carbonyl (C=O) groups excluding carboxylic acids is 2. The van der Waals surface area contributed by atoms with Gasteiger partial charge in [0.15, 0.2) is 46.5 Å². The molecular weight excluding hydrogens is 899 g/mol. The van der Waals surface area contributed by atoms with Crippen LogP contribution in [0.25, 0.3) is 21.8 Å². The number of benzene rings is 4. The first-order chi connectivity index (χ1) is 27.0. The highest BCUT2D eigenvalue weighted by molar-refractivity contribution is 14.0. The van der Waals surface area contributed by atoms with Crippen LogP contribution >= 0.6 is 24.0 Å².